The van der Waals surface area contributed by atoms with Crippen LogP contribution in [0.25, 0.3) is 39.8 Å². The second-order valence-corrected chi connectivity index (χ2v) is 8.11. The highest BCUT2D eigenvalue weighted by Gasteiger charge is 2.17. The predicted molar refractivity (Wildman–Crippen MR) is 124 cm³/mol. The van der Waals surface area contributed by atoms with Gasteiger partial charge in [-0.2, -0.15) is 10.4 Å². The lowest BCUT2D eigenvalue weighted by Gasteiger charge is -2.02. The van der Waals surface area contributed by atoms with Crippen LogP contribution in [0.4, 0.5) is 0 Å². The molecule has 3 heterocycles. The van der Waals surface area contributed by atoms with Crippen LogP contribution in [0, 0.1) is 18.3 Å². The Labute approximate surface area is 187 Å². The van der Waals surface area contributed by atoms with E-state index >= 15 is 0 Å². The number of para-hydroxylation sites is 2. The summed E-state index contributed by atoms with van der Waals surface area (Å²) in [5.41, 5.74) is 4.21. The van der Waals surface area contributed by atoms with Gasteiger partial charge in [-0.1, -0.05) is 48.0 Å². The number of fused-ring (bicyclic) bond motifs is 1. The summed E-state index contributed by atoms with van der Waals surface area (Å²) in [4.78, 5) is 4.63. The first-order chi connectivity index (χ1) is 15.1. The molecule has 3 aromatic heterocycles. The molecule has 7 heteroatoms. The molecule has 0 amide bonds. The molecule has 0 aliphatic carbocycles. The summed E-state index contributed by atoms with van der Waals surface area (Å²) in [6.07, 6.45) is 1.74. The van der Waals surface area contributed by atoms with Gasteiger partial charge in [0.05, 0.1) is 17.0 Å². The number of rotatable bonds is 4. The van der Waals surface area contributed by atoms with Crippen molar-refractivity contribution in [1.29, 1.82) is 5.26 Å². The fourth-order valence-corrected chi connectivity index (χ4v) is 4.42. The molecule has 150 valence electrons. The summed E-state index contributed by atoms with van der Waals surface area (Å²) in [6, 6.07) is 21.6. The number of furan rings is 1. The van der Waals surface area contributed by atoms with E-state index < -0.39 is 0 Å². The molecule has 0 unspecified atom stereocenters. The highest BCUT2D eigenvalue weighted by Crippen LogP contribution is 2.32. The SMILES string of the molecule is Cc1nn(-c2ccccc2)c(Cl)c1C=C(C#N)c1nc(-c2cc3ccccc3o2)cs1. The van der Waals surface area contributed by atoms with Crippen molar-refractivity contribution >= 4 is 45.6 Å². The van der Waals surface area contributed by atoms with Gasteiger partial charge in [-0.05, 0) is 37.3 Å². The standard InChI is InChI=1S/C24H15ClN4OS/c1-15-19(23(25)29(28-15)18-8-3-2-4-9-18)11-17(13-26)24-27-20(14-31-24)22-12-16-7-5-6-10-21(16)30-22/h2-12,14H,1H3. The molecule has 31 heavy (non-hydrogen) atoms. The smallest absolute Gasteiger partial charge is 0.154 e. The number of hydrogen-bond acceptors (Lipinski definition) is 5. The Morgan fingerprint density at radius 2 is 1.94 bits per heavy atom. The highest BCUT2D eigenvalue weighted by atomic mass is 35.5. The minimum absolute atomic E-state index is 0.421. The molecule has 5 nitrogen and oxygen atoms in total. The Morgan fingerprint density at radius 3 is 2.71 bits per heavy atom. The second-order valence-electron chi connectivity index (χ2n) is 6.89. The molecular weight excluding hydrogens is 428 g/mol. The lowest BCUT2D eigenvalue weighted by atomic mass is 10.1. The molecule has 0 aliphatic rings. The van der Waals surface area contributed by atoms with Crippen LogP contribution in [0.2, 0.25) is 5.15 Å². The van der Waals surface area contributed by atoms with E-state index in [4.69, 9.17) is 16.0 Å². The number of benzene rings is 2. The molecule has 0 saturated carbocycles. The Balaban J connectivity index is 1.52. The first-order valence-corrected chi connectivity index (χ1v) is 10.8. The number of hydrogen-bond donors (Lipinski definition) is 0. The Bertz CT molecular complexity index is 1440. The molecule has 2 aromatic carbocycles. The molecule has 0 atom stereocenters. The van der Waals surface area contributed by atoms with Crippen LogP contribution in [0.15, 0.2) is 70.5 Å². The zero-order valence-electron chi connectivity index (χ0n) is 16.4. The predicted octanol–water partition coefficient (Wildman–Crippen LogP) is 6.77. The molecule has 5 rings (SSSR count). The summed E-state index contributed by atoms with van der Waals surface area (Å²) in [6.45, 7) is 1.87. The molecule has 0 bridgehead atoms. The van der Waals surface area contributed by atoms with Crippen LogP contribution in [0.3, 0.4) is 0 Å². The maximum atomic E-state index is 9.80. The van der Waals surface area contributed by atoms with E-state index in [1.807, 2.05) is 73.0 Å². The molecule has 0 aliphatic heterocycles. The van der Waals surface area contributed by atoms with Crippen LogP contribution in [0.1, 0.15) is 16.3 Å². The normalized spacial score (nSPS) is 11.7. The fourth-order valence-electron chi connectivity index (χ4n) is 3.32. The third kappa shape index (κ3) is 3.55. The zero-order valence-corrected chi connectivity index (χ0v) is 18.0. The fraction of sp³-hybridized carbons (Fsp3) is 0.0417. The van der Waals surface area contributed by atoms with Crippen LogP contribution in [-0.4, -0.2) is 14.8 Å². The van der Waals surface area contributed by atoms with Gasteiger partial charge in [0.2, 0.25) is 0 Å². The third-order valence-corrected chi connectivity index (χ3v) is 6.11. The van der Waals surface area contributed by atoms with Crippen molar-refractivity contribution in [3.05, 3.63) is 87.5 Å². The molecular formula is C24H15ClN4OS. The van der Waals surface area contributed by atoms with Gasteiger partial charge in [0.15, 0.2) is 5.76 Å². The number of nitriles is 1. The van der Waals surface area contributed by atoms with Gasteiger partial charge in [0, 0.05) is 16.3 Å². The molecule has 0 spiro atoms. The van der Waals surface area contributed by atoms with Crippen LogP contribution < -0.4 is 0 Å². The first kappa shape index (κ1) is 19.3. The Kier molecular flexibility index (Phi) is 4.91. The van der Waals surface area contributed by atoms with E-state index in [0.717, 1.165) is 22.4 Å². The minimum atomic E-state index is 0.421. The van der Waals surface area contributed by atoms with Crippen molar-refractivity contribution in [1.82, 2.24) is 14.8 Å². The molecule has 0 N–H and O–H groups in total. The summed E-state index contributed by atoms with van der Waals surface area (Å²) < 4.78 is 7.56. The second kappa shape index (κ2) is 7.88. The van der Waals surface area contributed by atoms with Crippen LogP contribution in [0.5, 0.6) is 0 Å². The average molecular weight is 443 g/mol. The van der Waals surface area contributed by atoms with E-state index in [1.54, 1.807) is 10.8 Å². The number of thiazole rings is 1. The van der Waals surface area contributed by atoms with E-state index in [2.05, 4.69) is 16.2 Å². The topological polar surface area (TPSA) is 67.6 Å². The van der Waals surface area contributed by atoms with Crippen LogP contribution in [-0.2, 0) is 0 Å². The van der Waals surface area contributed by atoms with Gasteiger partial charge in [-0.15, -0.1) is 11.3 Å². The maximum absolute atomic E-state index is 9.80. The number of allylic oxidation sites excluding steroid dienone is 1. The lowest BCUT2D eigenvalue weighted by Crippen LogP contribution is -1.95. The van der Waals surface area contributed by atoms with Crippen molar-refractivity contribution in [3.8, 4) is 23.2 Å². The van der Waals surface area contributed by atoms with Gasteiger partial charge in [-0.3, -0.25) is 0 Å². The van der Waals surface area contributed by atoms with Crippen molar-refractivity contribution in [2.75, 3.05) is 0 Å². The number of halogens is 1. The van der Waals surface area contributed by atoms with Gasteiger partial charge < -0.3 is 4.42 Å². The van der Waals surface area contributed by atoms with Crippen molar-refractivity contribution in [3.63, 3.8) is 0 Å². The molecule has 0 radical (unpaired) electrons. The van der Waals surface area contributed by atoms with E-state index in [-0.39, 0.29) is 0 Å². The van der Waals surface area contributed by atoms with Crippen molar-refractivity contribution in [2.24, 2.45) is 0 Å². The summed E-state index contributed by atoms with van der Waals surface area (Å²) in [5, 5.41) is 18.3. The summed E-state index contributed by atoms with van der Waals surface area (Å²) in [7, 11) is 0. The highest BCUT2D eigenvalue weighted by molar-refractivity contribution is 7.11. The minimum Gasteiger partial charge on any atom is -0.454 e. The van der Waals surface area contributed by atoms with Crippen molar-refractivity contribution in [2.45, 2.75) is 6.92 Å². The van der Waals surface area contributed by atoms with E-state index in [0.29, 0.717) is 32.8 Å². The molecule has 5 aromatic rings. The first-order valence-electron chi connectivity index (χ1n) is 9.51. The maximum Gasteiger partial charge on any atom is 0.154 e. The third-order valence-electron chi connectivity index (χ3n) is 4.87. The van der Waals surface area contributed by atoms with Gasteiger partial charge >= 0.3 is 0 Å². The van der Waals surface area contributed by atoms with Gasteiger partial charge in [-0.25, -0.2) is 9.67 Å². The lowest BCUT2D eigenvalue weighted by molar-refractivity contribution is 0.629. The van der Waals surface area contributed by atoms with Gasteiger partial charge in [0.1, 0.15) is 27.5 Å². The summed E-state index contributed by atoms with van der Waals surface area (Å²) >= 11 is 8.00. The van der Waals surface area contributed by atoms with E-state index in [9.17, 15) is 5.26 Å². The average Bonchev–Trinajstić information content (AvgIpc) is 3.51. The molecule has 0 saturated heterocycles. The van der Waals surface area contributed by atoms with Crippen LogP contribution >= 0.6 is 22.9 Å². The Morgan fingerprint density at radius 1 is 1.16 bits per heavy atom. The van der Waals surface area contributed by atoms with Gasteiger partial charge in [0.25, 0.3) is 0 Å². The largest absolute Gasteiger partial charge is 0.454 e. The molecule has 0 fully saturated rings. The Hall–Kier alpha value is -3.66. The number of nitrogens with zero attached hydrogens (tertiary/aromatic N) is 4. The number of aromatic nitrogens is 3. The number of aryl methyl sites for hydroxylation is 1. The van der Waals surface area contributed by atoms with E-state index in [1.165, 1.54) is 11.3 Å². The van der Waals surface area contributed by atoms with Crippen molar-refractivity contribution < 1.29 is 4.42 Å². The summed E-state index contributed by atoms with van der Waals surface area (Å²) in [5.74, 6) is 0.673. The quantitative estimate of drug-likeness (QED) is 0.288. The monoisotopic (exact) mass is 442 g/mol. The zero-order chi connectivity index (χ0) is 21.4.